The lowest BCUT2D eigenvalue weighted by molar-refractivity contribution is -0.379. The predicted octanol–water partition coefficient (Wildman–Crippen LogP) is 16.0. The number of ether oxygens (including phenoxy) is 6. The van der Waals surface area contributed by atoms with Gasteiger partial charge in [-0.05, 0) is 64.2 Å². The largest absolute Gasteiger partial charge is 0.394 e. The van der Waals surface area contributed by atoms with E-state index < -0.39 is 124 Å². The van der Waals surface area contributed by atoms with Crippen LogP contribution in [0.1, 0.15) is 367 Å². The van der Waals surface area contributed by atoms with Crippen LogP contribution < -0.4 is 5.32 Å². The molecule has 3 saturated heterocycles. The third-order valence-corrected chi connectivity index (χ3v) is 21.8. The van der Waals surface area contributed by atoms with Gasteiger partial charge in [0.05, 0.1) is 38.6 Å². The fourth-order valence-electron chi connectivity index (χ4n) is 14.8. The Morgan fingerprint density at radius 2 is 0.632 bits per heavy atom. The van der Waals surface area contributed by atoms with Gasteiger partial charge in [0.1, 0.15) is 73.2 Å². The highest BCUT2D eigenvalue weighted by Crippen LogP contribution is 2.33. The van der Waals surface area contributed by atoms with Gasteiger partial charge in [-0.25, -0.2) is 0 Å². The average Bonchev–Trinajstić information content (AvgIpc) is 0.780. The molecule has 17 atom stereocenters. The van der Waals surface area contributed by atoms with Crippen LogP contribution in [0.25, 0.3) is 0 Å². The molecule has 3 aliphatic heterocycles. The molecule has 3 rings (SSSR count). The van der Waals surface area contributed by atoms with E-state index in [4.69, 9.17) is 28.4 Å². The summed E-state index contributed by atoms with van der Waals surface area (Å²) in [7, 11) is 0. The van der Waals surface area contributed by atoms with Crippen molar-refractivity contribution >= 4 is 5.91 Å². The molecule has 622 valence electrons. The number of allylic oxidation sites excluding steroid dienone is 7. The van der Waals surface area contributed by atoms with E-state index in [-0.39, 0.29) is 18.9 Å². The molecule has 0 aliphatic carbocycles. The lowest BCUT2D eigenvalue weighted by atomic mass is 9.96. The van der Waals surface area contributed by atoms with E-state index in [1.807, 2.05) is 6.08 Å². The normalized spacial score (nSPS) is 25.8. The molecule has 19 heteroatoms. The van der Waals surface area contributed by atoms with Gasteiger partial charge in [-0.15, -0.1) is 0 Å². The van der Waals surface area contributed by atoms with Gasteiger partial charge in [-0.1, -0.05) is 345 Å². The minimum Gasteiger partial charge on any atom is -0.394 e. The van der Waals surface area contributed by atoms with Crippen molar-refractivity contribution in [2.75, 3.05) is 26.4 Å². The lowest BCUT2D eigenvalue weighted by Crippen LogP contribution is -2.66. The molecule has 0 saturated carbocycles. The molecule has 0 bridgehead atoms. The number of carbonyl (C=O) groups is 1. The molecule has 1 amide bonds. The summed E-state index contributed by atoms with van der Waals surface area (Å²) in [5, 5.41) is 121. The van der Waals surface area contributed by atoms with Crippen LogP contribution >= 0.6 is 0 Å². The lowest BCUT2D eigenvalue weighted by Gasteiger charge is -2.48. The van der Waals surface area contributed by atoms with Crippen molar-refractivity contribution in [3.63, 3.8) is 0 Å². The molecule has 0 aromatic rings. The Kier molecular flexibility index (Phi) is 62.2. The quantitative estimate of drug-likeness (QED) is 0.0199. The second-order valence-corrected chi connectivity index (χ2v) is 31.3. The number of aliphatic hydroxyl groups is 11. The highest BCUT2D eigenvalue weighted by atomic mass is 16.8. The van der Waals surface area contributed by atoms with Gasteiger partial charge in [-0.3, -0.25) is 4.79 Å². The number of amides is 1. The maximum atomic E-state index is 13.5. The second-order valence-electron chi connectivity index (χ2n) is 31.3. The third kappa shape index (κ3) is 46.1. The summed E-state index contributed by atoms with van der Waals surface area (Å²) in [6.45, 7) is 1.76. The molecular formula is C87H161NO18. The first-order chi connectivity index (χ1) is 51.8. The summed E-state index contributed by atoms with van der Waals surface area (Å²) in [4.78, 5) is 13.5. The molecule has 12 N–H and O–H groups in total. The molecular weight excluding hydrogens is 1350 g/mol. The van der Waals surface area contributed by atoms with Gasteiger partial charge in [-0.2, -0.15) is 0 Å². The van der Waals surface area contributed by atoms with E-state index in [0.29, 0.717) is 12.8 Å². The van der Waals surface area contributed by atoms with E-state index >= 15 is 0 Å². The van der Waals surface area contributed by atoms with Crippen LogP contribution in [0.2, 0.25) is 0 Å². The second kappa shape index (κ2) is 67.3. The van der Waals surface area contributed by atoms with E-state index in [0.717, 1.165) is 44.9 Å². The SMILES string of the molecule is CCCCCCC/C=C\C/C=C\CCCCCCCCCCCCCCCCCCCCCCCCCCCCCCCC(=O)NC(COC1OC(CO)C(OC2OC(CO)C(OC3OC(CO)C(O)C(O)C3O)C(O)C2O)C(O)C1O)C(O)/C=C/CC/C=C/CCCCCCCCCCCCCCCC. The highest BCUT2D eigenvalue weighted by Gasteiger charge is 2.54. The maximum absolute atomic E-state index is 13.5. The zero-order chi connectivity index (χ0) is 76.7. The Morgan fingerprint density at radius 3 is 1.00 bits per heavy atom. The molecule has 0 radical (unpaired) electrons. The number of carbonyl (C=O) groups excluding carboxylic acids is 1. The summed E-state index contributed by atoms with van der Waals surface area (Å²) in [5.74, 6) is -0.278. The fraction of sp³-hybridized carbons (Fsp3) is 0.897. The molecule has 3 fully saturated rings. The summed E-state index contributed by atoms with van der Waals surface area (Å²) < 4.78 is 34.5. The number of nitrogens with one attached hydrogen (secondary N) is 1. The molecule has 0 aromatic heterocycles. The molecule has 17 unspecified atom stereocenters. The Bertz CT molecular complexity index is 2100. The van der Waals surface area contributed by atoms with Crippen molar-refractivity contribution in [2.24, 2.45) is 0 Å². The fourth-order valence-corrected chi connectivity index (χ4v) is 14.8. The summed E-state index contributed by atoms with van der Waals surface area (Å²) in [6.07, 6.45) is 60.0. The van der Waals surface area contributed by atoms with Crippen LogP contribution in [0.15, 0.2) is 48.6 Å². The van der Waals surface area contributed by atoms with Gasteiger partial charge < -0.3 is 89.9 Å². The van der Waals surface area contributed by atoms with E-state index in [1.165, 1.54) is 289 Å². The number of aliphatic hydroxyl groups excluding tert-OH is 11. The van der Waals surface area contributed by atoms with Crippen molar-refractivity contribution in [3.8, 4) is 0 Å². The monoisotopic (exact) mass is 1510 g/mol. The molecule has 0 aromatic carbocycles. The number of rotatable bonds is 71. The molecule has 19 nitrogen and oxygen atoms in total. The summed E-state index contributed by atoms with van der Waals surface area (Å²) in [6, 6.07) is -0.990. The molecule has 3 heterocycles. The minimum atomic E-state index is -1.98. The van der Waals surface area contributed by atoms with Crippen LogP contribution in [-0.4, -0.2) is 193 Å². The van der Waals surface area contributed by atoms with Crippen LogP contribution in [0.3, 0.4) is 0 Å². The smallest absolute Gasteiger partial charge is 0.220 e. The Morgan fingerprint density at radius 1 is 0.340 bits per heavy atom. The number of hydrogen-bond donors (Lipinski definition) is 12. The van der Waals surface area contributed by atoms with Gasteiger partial charge in [0.25, 0.3) is 0 Å². The summed E-state index contributed by atoms with van der Waals surface area (Å²) in [5.41, 5.74) is 0. The van der Waals surface area contributed by atoms with Crippen molar-refractivity contribution in [1.29, 1.82) is 0 Å². The highest BCUT2D eigenvalue weighted by molar-refractivity contribution is 5.76. The van der Waals surface area contributed by atoms with Crippen molar-refractivity contribution < 1.29 is 89.4 Å². The van der Waals surface area contributed by atoms with Gasteiger partial charge in [0.2, 0.25) is 5.91 Å². The minimum absolute atomic E-state index is 0.240. The van der Waals surface area contributed by atoms with Gasteiger partial charge in [0.15, 0.2) is 18.9 Å². The number of hydrogen-bond acceptors (Lipinski definition) is 18. The van der Waals surface area contributed by atoms with Crippen molar-refractivity contribution in [2.45, 2.75) is 471 Å². The van der Waals surface area contributed by atoms with Crippen LogP contribution in [0, 0.1) is 0 Å². The predicted molar refractivity (Wildman–Crippen MR) is 425 cm³/mol. The van der Waals surface area contributed by atoms with Gasteiger partial charge >= 0.3 is 0 Å². The standard InChI is InChI=1S/C87H161NO18/c1-3-5-7-9-11-13-15-17-19-21-23-25-26-27-28-29-30-31-32-33-34-35-36-37-38-39-40-41-42-43-44-45-47-49-51-53-55-57-59-61-63-65-75(93)88-70(71(92)64-62-60-58-56-54-52-50-48-46-24-22-20-18-16-14-12-10-8-6-4-2)69-101-85-81(99)78(96)83(73(67-90)103-85)106-87-82(100)79(97)84(74(68-91)104-87)105-86-80(98)77(95)76(94)72(66-89)102-86/h15,17,21,23,54,56,62,64,70-74,76-87,89-92,94-100H,3-14,16,18-20,22,24-53,55,57-61,63,65-69H2,1-2H3,(H,88,93)/b17-15-,23-21-,56-54+,64-62+. The van der Waals surface area contributed by atoms with E-state index in [1.54, 1.807) is 6.08 Å². The molecule has 106 heavy (non-hydrogen) atoms. The topological polar surface area (TPSA) is 307 Å². The molecule has 3 aliphatic rings. The Balaban J connectivity index is 1.29. The first kappa shape index (κ1) is 97.9. The zero-order valence-electron chi connectivity index (χ0n) is 66.9. The van der Waals surface area contributed by atoms with Crippen molar-refractivity contribution in [1.82, 2.24) is 5.32 Å². The Labute approximate surface area is 643 Å². The Hall–Kier alpha value is -2.25. The maximum Gasteiger partial charge on any atom is 0.220 e. The van der Waals surface area contributed by atoms with Gasteiger partial charge in [0, 0.05) is 6.42 Å². The third-order valence-electron chi connectivity index (χ3n) is 21.8. The first-order valence-electron chi connectivity index (χ1n) is 43.9. The molecule has 0 spiro atoms. The van der Waals surface area contributed by atoms with E-state index in [9.17, 15) is 61.0 Å². The van der Waals surface area contributed by atoms with Crippen LogP contribution in [0.5, 0.6) is 0 Å². The average molecular weight is 1510 g/mol. The van der Waals surface area contributed by atoms with Crippen LogP contribution in [0.4, 0.5) is 0 Å². The van der Waals surface area contributed by atoms with Crippen LogP contribution in [-0.2, 0) is 33.2 Å². The van der Waals surface area contributed by atoms with Crippen molar-refractivity contribution in [3.05, 3.63) is 48.6 Å². The summed E-state index contributed by atoms with van der Waals surface area (Å²) >= 11 is 0. The number of unbranched alkanes of at least 4 members (excludes halogenated alkanes) is 49. The zero-order valence-corrected chi connectivity index (χ0v) is 66.9. The first-order valence-corrected chi connectivity index (χ1v) is 43.9. The van der Waals surface area contributed by atoms with E-state index in [2.05, 4.69) is 55.6 Å².